The highest BCUT2D eigenvalue weighted by atomic mass is 16.8. The van der Waals surface area contributed by atoms with Gasteiger partial charge in [-0.3, -0.25) is 14.4 Å². The number of carbonyl (C=O) groups is 3. The van der Waals surface area contributed by atoms with E-state index >= 15 is 0 Å². The number of hydrogen-bond acceptors (Lipinski definition) is 7. The Hall–Kier alpha value is -3.74. The summed E-state index contributed by atoms with van der Waals surface area (Å²) in [6.45, 7) is 1.25. The Balaban J connectivity index is 1.22. The number of imide groups is 1. The van der Waals surface area contributed by atoms with Crippen molar-refractivity contribution in [3.05, 3.63) is 57.7 Å². The average molecular weight is 498 g/mol. The first-order valence-electron chi connectivity index (χ1n) is 11.8. The molecule has 0 spiro atoms. The van der Waals surface area contributed by atoms with Crippen LogP contribution in [0.25, 0.3) is 0 Å². The van der Waals surface area contributed by atoms with E-state index in [-0.39, 0.29) is 36.3 Å². The number of methoxy groups -OCH3 is 1. The Morgan fingerprint density at radius 2 is 1.89 bits per heavy atom. The number of urea groups is 1. The number of nitrogens with zero attached hydrogens (tertiary/aromatic N) is 3. The zero-order valence-corrected chi connectivity index (χ0v) is 19.7. The molecular weight excluding hydrogens is 470 g/mol. The molecule has 12 heteroatoms. The molecule has 4 unspecified atom stereocenters. The lowest BCUT2D eigenvalue weighted by Gasteiger charge is -2.43. The number of anilines is 1. The van der Waals surface area contributed by atoms with Crippen molar-refractivity contribution in [3.63, 3.8) is 0 Å². The highest BCUT2D eigenvalue weighted by Gasteiger charge is 2.40. The van der Waals surface area contributed by atoms with Crippen LogP contribution in [0.1, 0.15) is 30.9 Å². The van der Waals surface area contributed by atoms with Crippen LogP contribution in [0.15, 0.2) is 41.2 Å². The first kappa shape index (κ1) is 24.0. The summed E-state index contributed by atoms with van der Waals surface area (Å²) in [5.74, 6) is 0.0633. The SMILES string of the molecule is COc1ccc(N2C(=O)NC(CCC(=O)N3CC4CC(C3)c3ccc([NH+]([O-])O)c(=O)n3C4)C2=O)cc1. The summed E-state index contributed by atoms with van der Waals surface area (Å²) in [7, 11) is 1.53. The molecule has 3 N–H and O–H groups in total. The zero-order valence-electron chi connectivity index (χ0n) is 19.7. The Morgan fingerprint density at radius 1 is 1.14 bits per heavy atom. The molecule has 2 bridgehead atoms. The van der Waals surface area contributed by atoms with Gasteiger partial charge in [0, 0.05) is 43.7 Å². The molecular formula is C24H27N5O7. The third-order valence-electron chi connectivity index (χ3n) is 7.18. The number of nitrogens with one attached hydrogen (secondary N) is 2. The molecule has 2 fully saturated rings. The monoisotopic (exact) mass is 497 g/mol. The van der Waals surface area contributed by atoms with E-state index in [9.17, 15) is 29.6 Å². The van der Waals surface area contributed by atoms with E-state index in [2.05, 4.69) is 5.32 Å². The molecule has 5 rings (SSSR count). The first-order chi connectivity index (χ1) is 17.3. The molecule has 2 aromatic rings. The number of carbonyl (C=O) groups excluding carboxylic acids is 3. The largest absolute Gasteiger partial charge is 0.595 e. The summed E-state index contributed by atoms with van der Waals surface area (Å²) >= 11 is 0. The van der Waals surface area contributed by atoms with Crippen molar-refractivity contribution in [3.8, 4) is 5.75 Å². The predicted molar refractivity (Wildman–Crippen MR) is 126 cm³/mol. The smallest absolute Gasteiger partial charge is 0.329 e. The van der Waals surface area contributed by atoms with Crippen LogP contribution >= 0.6 is 0 Å². The Bertz CT molecular complexity index is 1260. The van der Waals surface area contributed by atoms with Gasteiger partial charge < -0.3 is 24.7 Å². The van der Waals surface area contributed by atoms with Crippen molar-refractivity contribution in [1.29, 1.82) is 0 Å². The van der Waals surface area contributed by atoms with Crippen LogP contribution in [0.3, 0.4) is 0 Å². The number of aromatic nitrogens is 1. The van der Waals surface area contributed by atoms with E-state index in [0.29, 0.717) is 31.1 Å². The van der Waals surface area contributed by atoms with Gasteiger partial charge in [0.25, 0.3) is 5.91 Å². The second-order valence-electron chi connectivity index (χ2n) is 9.40. The fraction of sp³-hybridized carbons (Fsp3) is 0.417. The van der Waals surface area contributed by atoms with Crippen molar-refractivity contribution < 1.29 is 29.6 Å². The van der Waals surface area contributed by atoms with Gasteiger partial charge in [-0.2, -0.15) is 5.23 Å². The van der Waals surface area contributed by atoms with E-state index in [1.54, 1.807) is 35.2 Å². The van der Waals surface area contributed by atoms with Gasteiger partial charge in [-0.25, -0.2) is 14.9 Å². The van der Waals surface area contributed by atoms with Crippen LogP contribution < -0.4 is 25.7 Å². The van der Waals surface area contributed by atoms with Crippen LogP contribution in [-0.4, -0.2) is 58.8 Å². The molecule has 3 aliphatic heterocycles. The number of quaternary nitrogens is 1. The van der Waals surface area contributed by atoms with Crippen LogP contribution in [0, 0.1) is 11.1 Å². The van der Waals surface area contributed by atoms with Crippen LogP contribution in [0.2, 0.25) is 0 Å². The molecule has 0 radical (unpaired) electrons. The van der Waals surface area contributed by atoms with Crippen molar-refractivity contribution >= 4 is 29.2 Å². The van der Waals surface area contributed by atoms with Gasteiger partial charge in [0.1, 0.15) is 11.8 Å². The molecule has 36 heavy (non-hydrogen) atoms. The number of amides is 4. The fourth-order valence-electron chi connectivity index (χ4n) is 5.44. The minimum atomic E-state index is -1.25. The normalized spacial score (nSPS) is 23.8. The molecule has 3 aliphatic rings. The standard InChI is InChI=1S/C24H27N5O7/c1-36-17-4-2-16(3-5-17)28-22(31)18(25-24(28)33)6-9-21(30)26-11-14-10-15(13-26)19-7-8-20(29(34)35)23(32)27(19)12-14/h2-5,7-8,14-15,18,29,34H,6,9-13H2,1H3,(H,25,33). The molecule has 2 saturated heterocycles. The molecule has 0 saturated carbocycles. The van der Waals surface area contributed by atoms with Crippen LogP contribution in [0.5, 0.6) is 5.75 Å². The Labute approximate surface area is 206 Å². The fourth-order valence-corrected chi connectivity index (χ4v) is 5.44. The number of fused-ring (bicyclic) bond motifs is 4. The molecule has 12 nitrogen and oxygen atoms in total. The summed E-state index contributed by atoms with van der Waals surface area (Å²) in [4.78, 5) is 53.8. The average Bonchev–Trinajstić information content (AvgIpc) is 3.15. The molecule has 4 heterocycles. The van der Waals surface area contributed by atoms with Crippen molar-refractivity contribution in [2.75, 3.05) is 25.1 Å². The van der Waals surface area contributed by atoms with Crippen molar-refractivity contribution in [1.82, 2.24) is 14.8 Å². The van der Waals surface area contributed by atoms with Crippen molar-refractivity contribution in [2.24, 2.45) is 5.92 Å². The molecule has 4 amide bonds. The third kappa shape index (κ3) is 4.23. The van der Waals surface area contributed by atoms with E-state index < -0.39 is 28.8 Å². The van der Waals surface area contributed by atoms with Gasteiger partial charge in [-0.15, -0.1) is 0 Å². The zero-order chi connectivity index (χ0) is 25.6. The van der Waals surface area contributed by atoms with Gasteiger partial charge >= 0.3 is 11.6 Å². The van der Waals surface area contributed by atoms with Crippen molar-refractivity contribution in [2.45, 2.75) is 37.8 Å². The quantitative estimate of drug-likeness (QED) is 0.379. The number of likely N-dealkylation sites (tertiary alicyclic amines) is 1. The number of rotatable bonds is 6. The number of pyridine rings is 1. The van der Waals surface area contributed by atoms with Gasteiger partial charge in [-0.1, -0.05) is 0 Å². The summed E-state index contributed by atoms with van der Waals surface area (Å²) in [6, 6.07) is 8.25. The first-order valence-corrected chi connectivity index (χ1v) is 11.8. The minimum absolute atomic E-state index is 0.0420. The van der Waals surface area contributed by atoms with Gasteiger partial charge in [0.05, 0.1) is 12.8 Å². The van der Waals surface area contributed by atoms with E-state index in [1.165, 1.54) is 17.7 Å². The Kier molecular flexibility index (Phi) is 6.24. The Morgan fingerprint density at radius 3 is 2.58 bits per heavy atom. The minimum Gasteiger partial charge on any atom is -0.595 e. The number of hydrogen-bond donors (Lipinski definition) is 3. The van der Waals surface area contributed by atoms with E-state index in [4.69, 9.17) is 4.74 Å². The third-order valence-corrected chi connectivity index (χ3v) is 7.18. The summed E-state index contributed by atoms with van der Waals surface area (Å²) in [5, 5.41) is 22.0. The molecule has 1 aromatic heterocycles. The van der Waals surface area contributed by atoms with Gasteiger partial charge in [-0.05, 0) is 49.1 Å². The summed E-state index contributed by atoms with van der Waals surface area (Å²) in [6.07, 6.45) is 1.10. The highest BCUT2D eigenvalue weighted by Crippen LogP contribution is 2.35. The molecule has 1 aromatic carbocycles. The number of piperidine rings is 1. The number of ether oxygens (including phenoxy) is 1. The maximum Gasteiger partial charge on any atom is 0.329 e. The van der Waals surface area contributed by atoms with Gasteiger partial charge in [0.15, 0.2) is 0 Å². The lowest BCUT2D eigenvalue weighted by molar-refractivity contribution is -0.992. The second kappa shape index (κ2) is 9.37. The molecule has 4 atom stereocenters. The van der Waals surface area contributed by atoms with E-state index in [0.717, 1.165) is 17.0 Å². The second-order valence-corrected chi connectivity index (χ2v) is 9.40. The lowest BCUT2D eigenvalue weighted by Crippen LogP contribution is -3.00. The van der Waals surface area contributed by atoms with Crippen LogP contribution in [-0.2, 0) is 16.1 Å². The predicted octanol–water partition coefficient (Wildman–Crippen LogP) is 0.111. The molecule has 190 valence electrons. The maximum absolute atomic E-state index is 13.0. The van der Waals surface area contributed by atoms with Crippen LogP contribution in [0.4, 0.5) is 16.2 Å². The highest BCUT2D eigenvalue weighted by molar-refractivity contribution is 6.21. The summed E-state index contributed by atoms with van der Waals surface area (Å²) in [5.41, 5.74) is 0.410. The maximum atomic E-state index is 13.0. The topological polar surface area (TPSA) is 149 Å². The van der Waals surface area contributed by atoms with E-state index in [1.807, 2.05) is 0 Å². The lowest BCUT2D eigenvalue weighted by atomic mass is 9.83. The summed E-state index contributed by atoms with van der Waals surface area (Å²) < 4.78 is 6.64. The molecule has 0 aliphatic carbocycles. The van der Waals surface area contributed by atoms with Gasteiger partial charge in [0.2, 0.25) is 11.6 Å². The number of benzene rings is 1.